The Morgan fingerprint density at radius 1 is 1.12 bits per heavy atom. The first-order chi connectivity index (χ1) is 12.6. The molecule has 0 aromatic rings. The van der Waals surface area contributed by atoms with E-state index in [9.17, 15) is 4.79 Å². The summed E-state index contributed by atoms with van der Waals surface area (Å²) in [5.41, 5.74) is 2.96. The molecule has 26 heavy (non-hydrogen) atoms. The van der Waals surface area contributed by atoms with Gasteiger partial charge in [-0.05, 0) is 42.7 Å². The molecule has 1 rings (SSSR count). The molecule has 0 saturated heterocycles. The molecular weight excluding hydrogens is 324 g/mol. The van der Waals surface area contributed by atoms with E-state index in [1.807, 2.05) is 24.3 Å². The van der Waals surface area contributed by atoms with E-state index in [-0.39, 0.29) is 0 Å². The fourth-order valence-corrected chi connectivity index (χ4v) is 1.64. The fraction of sp³-hybridized carbons (Fsp3) is 0.136. The van der Waals surface area contributed by atoms with Gasteiger partial charge >= 0.3 is 5.97 Å². The minimum absolute atomic E-state index is 0.420. The number of ether oxygens (including phenoxy) is 1. The maximum absolute atomic E-state index is 11.3. The molecule has 0 saturated carbocycles. The van der Waals surface area contributed by atoms with Crippen LogP contribution in [0.3, 0.4) is 0 Å². The van der Waals surface area contributed by atoms with Gasteiger partial charge in [0.1, 0.15) is 5.76 Å². The van der Waals surface area contributed by atoms with Crippen molar-refractivity contribution in [3.05, 3.63) is 96.4 Å². The lowest BCUT2D eigenvalue weighted by Crippen LogP contribution is -1.98. The molecule has 0 bridgehead atoms. The Hall–Kier alpha value is -3.27. The third-order valence-corrected chi connectivity index (χ3v) is 3.32. The quantitative estimate of drug-likeness (QED) is 0.200. The van der Waals surface area contributed by atoms with Crippen LogP contribution in [-0.4, -0.2) is 18.4 Å². The van der Waals surface area contributed by atoms with E-state index in [2.05, 4.69) is 37.2 Å². The van der Waals surface area contributed by atoms with E-state index >= 15 is 0 Å². The summed E-state index contributed by atoms with van der Waals surface area (Å²) in [4.78, 5) is 11.3. The zero-order chi connectivity index (χ0) is 19.2. The van der Waals surface area contributed by atoms with Gasteiger partial charge in [0.2, 0.25) is 0 Å². The second-order valence-electron chi connectivity index (χ2n) is 5.31. The summed E-state index contributed by atoms with van der Waals surface area (Å²) in [7, 11) is 0. The first-order valence-corrected chi connectivity index (χ1v) is 8.26. The Morgan fingerprint density at radius 2 is 1.88 bits per heavy atom. The van der Waals surface area contributed by atoms with Crippen LogP contribution in [-0.2, 0) is 9.53 Å². The number of allylic oxidation sites excluding steroid dienone is 12. The molecule has 0 atom stereocenters. The molecule has 4 heteroatoms. The lowest BCUT2D eigenvalue weighted by Gasteiger charge is -2.02. The second-order valence-corrected chi connectivity index (χ2v) is 5.31. The SMILES string of the molecule is C=CC(=O)OC1=C/C=C(/C=N/N=C/C(C=C)=C/C=C(\C)CC)\C=C/C=C1. The van der Waals surface area contributed by atoms with Crippen LogP contribution in [0.5, 0.6) is 0 Å². The van der Waals surface area contributed by atoms with Gasteiger partial charge in [0.25, 0.3) is 0 Å². The highest BCUT2D eigenvalue weighted by Crippen LogP contribution is 2.07. The van der Waals surface area contributed by atoms with Crippen molar-refractivity contribution in [1.29, 1.82) is 0 Å². The average molecular weight is 348 g/mol. The molecule has 0 spiro atoms. The van der Waals surface area contributed by atoms with E-state index in [1.165, 1.54) is 5.57 Å². The molecule has 134 valence electrons. The molecule has 0 unspecified atom stereocenters. The van der Waals surface area contributed by atoms with E-state index in [0.717, 1.165) is 23.6 Å². The minimum atomic E-state index is -0.505. The van der Waals surface area contributed by atoms with Gasteiger partial charge in [0, 0.05) is 6.08 Å². The van der Waals surface area contributed by atoms with Crippen molar-refractivity contribution in [1.82, 2.24) is 0 Å². The molecule has 0 N–H and O–H groups in total. The van der Waals surface area contributed by atoms with Crippen LogP contribution in [0.1, 0.15) is 20.3 Å². The summed E-state index contributed by atoms with van der Waals surface area (Å²) in [6, 6.07) is 0. The maximum Gasteiger partial charge on any atom is 0.335 e. The zero-order valence-electron chi connectivity index (χ0n) is 15.3. The summed E-state index contributed by atoms with van der Waals surface area (Å²) < 4.78 is 5.09. The third-order valence-electron chi connectivity index (χ3n) is 3.32. The highest BCUT2D eigenvalue weighted by molar-refractivity contribution is 5.86. The van der Waals surface area contributed by atoms with Crippen LogP contribution in [0.25, 0.3) is 0 Å². The monoisotopic (exact) mass is 348 g/mol. The van der Waals surface area contributed by atoms with Gasteiger partial charge in [0.15, 0.2) is 0 Å². The van der Waals surface area contributed by atoms with Crippen molar-refractivity contribution in [2.45, 2.75) is 20.3 Å². The Balaban J connectivity index is 2.81. The van der Waals surface area contributed by atoms with Crippen molar-refractivity contribution < 1.29 is 9.53 Å². The lowest BCUT2D eigenvalue weighted by atomic mass is 10.2. The van der Waals surface area contributed by atoms with Gasteiger partial charge in [-0.3, -0.25) is 0 Å². The average Bonchev–Trinajstić information content (AvgIpc) is 2.64. The molecule has 0 aromatic heterocycles. The first kappa shape index (κ1) is 20.8. The molecule has 1 aliphatic rings. The van der Waals surface area contributed by atoms with E-state index in [4.69, 9.17) is 4.74 Å². The topological polar surface area (TPSA) is 51.0 Å². The largest absolute Gasteiger partial charge is 0.423 e. The highest BCUT2D eigenvalue weighted by atomic mass is 16.5. The fourth-order valence-electron chi connectivity index (χ4n) is 1.64. The molecule has 0 heterocycles. The van der Waals surface area contributed by atoms with Crippen molar-refractivity contribution in [3.63, 3.8) is 0 Å². The zero-order valence-corrected chi connectivity index (χ0v) is 15.3. The molecule has 0 aliphatic heterocycles. The molecule has 0 amide bonds. The van der Waals surface area contributed by atoms with Crippen molar-refractivity contribution in [3.8, 4) is 0 Å². The predicted octanol–water partition coefficient (Wildman–Crippen LogP) is 5.18. The molecule has 0 fully saturated rings. The van der Waals surface area contributed by atoms with E-state index < -0.39 is 5.97 Å². The molecular formula is C22H24N2O2. The number of esters is 1. The second kappa shape index (κ2) is 12.1. The smallest absolute Gasteiger partial charge is 0.335 e. The summed E-state index contributed by atoms with van der Waals surface area (Å²) in [5, 5.41) is 8.08. The first-order valence-electron chi connectivity index (χ1n) is 8.26. The van der Waals surface area contributed by atoms with Crippen LogP contribution in [0.4, 0.5) is 0 Å². The van der Waals surface area contributed by atoms with Crippen LogP contribution in [0, 0.1) is 0 Å². The Kier molecular flexibility index (Phi) is 9.70. The lowest BCUT2D eigenvalue weighted by molar-refractivity contribution is -0.133. The summed E-state index contributed by atoms with van der Waals surface area (Å²) in [6.45, 7) is 11.3. The predicted molar refractivity (Wildman–Crippen MR) is 110 cm³/mol. The number of carbonyl (C=O) groups excluding carboxylic acids is 1. The molecule has 0 aromatic carbocycles. The number of rotatable bonds is 8. The van der Waals surface area contributed by atoms with Gasteiger partial charge in [0.05, 0.1) is 12.4 Å². The molecule has 1 aliphatic carbocycles. The number of carbonyl (C=O) groups is 1. The van der Waals surface area contributed by atoms with E-state index in [1.54, 1.807) is 42.8 Å². The summed E-state index contributed by atoms with van der Waals surface area (Å²) >= 11 is 0. The molecule has 0 radical (unpaired) electrons. The maximum atomic E-state index is 11.3. The van der Waals surface area contributed by atoms with Gasteiger partial charge < -0.3 is 4.74 Å². The minimum Gasteiger partial charge on any atom is -0.423 e. The van der Waals surface area contributed by atoms with Crippen molar-refractivity contribution in [2.75, 3.05) is 0 Å². The van der Waals surface area contributed by atoms with E-state index in [0.29, 0.717) is 5.76 Å². The van der Waals surface area contributed by atoms with Gasteiger partial charge in [-0.2, -0.15) is 10.2 Å². The summed E-state index contributed by atoms with van der Waals surface area (Å²) in [6.07, 6.45) is 21.7. The van der Waals surface area contributed by atoms with Crippen molar-refractivity contribution >= 4 is 18.4 Å². The number of nitrogens with zero attached hydrogens (tertiary/aromatic N) is 2. The van der Waals surface area contributed by atoms with Gasteiger partial charge in [-0.15, -0.1) is 0 Å². The standard InChI is InChI=1S/C22H24N2O2/c1-5-18(4)12-13-19(6-2)16-23-24-17-20-10-8-9-11-21(15-14-20)26-22(25)7-3/h6-17H,2-3,5H2,1,4H3/b9-8?,10-8-,11-9?,15-14?,18-12+,19-13+,20-10?,20-14+,21-11?,21-15?,23-16+,24-17+. The van der Waals surface area contributed by atoms with Crippen LogP contribution < -0.4 is 0 Å². The van der Waals surface area contributed by atoms with Crippen molar-refractivity contribution in [2.24, 2.45) is 10.2 Å². The van der Waals surface area contributed by atoms with Crippen LogP contribution >= 0.6 is 0 Å². The highest BCUT2D eigenvalue weighted by Gasteiger charge is 1.99. The third kappa shape index (κ3) is 8.55. The van der Waals surface area contributed by atoms with Crippen LogP contribution in [0.15, 0.2) is 107 Å². The summed E-state index contributed by atoms with van der Waals surface area (Å²) in [5.74, 6) is -0.0848. The number of hydrogen-bond donors (Lipinski definition) is 0. The normalized spacial score (nSPS) is 18.7. The Morgan fingerprint density at radius 3 is 2.58 bits per heavy atom. The number of hydrogen-bond acceptors (Lipinski definition) is 4. The Labute approximate surface area is 155 Å². The van der Waals surface area contributed by atoms with Crippen LogP contribution in [0.2, 0.25) is 0 Å². The van der Waals surface area contributed by atoms with Gasteiger partial charge in [-0.1, -0.05) is 62.1 Å². The molecule has 4 nitrogen and oxygen atoms in total. The van der Waals surface area contributed by atoms with Gasteiger partial charge in [-0.25, -0.2) is 4.79 Å². The Bertz CT molecular complexity index is 770.